The lowest BCUT2D eigenvalue weighted by atomic mass is 10.1. The van der Waals surface area contributed by atoms with Crippen molar-refractivity contribution in [2.24, 2.45) is 0 Å². The lowest BCUT2D eigenvalue weighted by Crippen LogP contribution is -2.23. The zero-order chi connectivity index (χ0) is 17.9. The molecule has 0 spiro atoms. The molecular weight excluding hydrogens is 397 g/mol. The van der Waals surface area contributed by atoms with Gasteiger partial charge in [-0.15, -0.1) is 6.58 Å². The van der Waals surface area contributed by atoms with E-state index in [0.717, 1.165) is 21.8 Å². The van der Waals surface area contributed by atoms with Crippen LogP contribution in [0.2, 0.25) is 0 Å². The summed E-state index contributed by atoms with van der Waals surface area (Å²) < 4.78 is 40.6. The van der Waals surface area contributed by atoms with Crippen molar-refractivity contribution in [2.75, 3.05) is 5.33 Å². The van der Waals surface area contributed by atoms with Gasteiger partial charge in [0.1, 0.15) is 17.4 Å². The zero-order valence-corrected chi connectivity index (χ0v) is 15.4. The van der Waals surface area contributed by atoms with Gasteiger partial charge >= 0.3 is 0 Å². The third kappa shape index (κ3) is 3.52. The molecule has 1 aromatic heterocycles. The van der Waals surface area contributed by atoms with E-state index in [-0.39, 0.29) is 11.0 Å². The molecule has 0 amide bonds. The summed E-state index contributed by atoms with van der Waals surface area (Å²) in [4.78, 5) is 11.2. The summed E-state index contributed by atoms with van der Waals surface area (Å²) in [7, 11) is -4.01. The first-order valence-electron chi connectivity index (χ1n) is 7.17. The first-order valence-corrected chi connectivity index (χ1v) is 9.80. The summed E-state index contributed by atoms with van der Waals surface area (Å²) in [6.45, 7) is 5.50. The summed E-state index contributed by atoms with van der Waals surface area (Å²) in [5.41, 5.74) is 1.60. The second-order valence-corrected chi connectivity index (χ2v) is 7.97. The van der Waals surface area contributed by atoms with E-state index in [1.807, 2.05) is 6.92 Å². The van der Waals surface area contributed by atoms with Crippen LogP contribution in [0.15, 0.2) is 49.2 Å². The Morgan fingerprint density at radius 1 is 1.33 bits per heavy atom. The van der Waals surface area contributed by atoms with Crippen molar-refractivity contribution in [3.05, 3.63) is 71.8 Å². The fourth-order valence-corrected chi connectivity index (χ4v) is 4.62. The predicted octanol–water partition coefficient (Wildman–Crippen LogP) is 3.72. The van der Waals surface area contributed by atoms with Crippen molar-refractivity contribution in [1.29, 1.82) is 0 Å². The lowest BCUT2D eigenvalue weighted by molar-refractivity contribution is -0.108. The van der Waals surface area contributed by atoms with Gasteiger partial charge in [-0.1, -0.05) is 51.8 Å². The third-order valence-corrected chi connectivity index (χ3v) is 6.37. The minimum atomic E-state index is -4.01. The number of carbonyl (C=O) groups is 1. The minimum absolute atomic E-state index is 0.0818. The number of alkyl halides is 1. The van der Waals surface area contributed by atoms with Crippen molar-refractivity contribution < 1.29 is 17.6 Å². The number of aldehydes is 1. The molecule has 0 saturated carbocycles. The summed E-state index contributed by atoms with van der Waals surface area (Å²) in [5, 5.41) is -0.857. The van der Waals surface area contributed by atoms with Crippen LogP contribution in [0.25, 0.3) is 0 Å². The van der Waals surface area contributed by atoms with Crippen molar-refractivity contribution in [3.63, 3.8) is 0 Å². The third-order valence-electron chi connectivity index (χ3n) is 3.71. The molecule has 7 heteroatoms. The quantitative estimate of drug-likeness (QED) is 0.394. The van der Waals surface area contributed by atoms with Gasteiger partial charge in [-0.2, -0.15) is 0 Å². The molecule has 1 heterocycles. The number of nitrogens with zero attached hydrogens (tertiary/aromatic N) is 1. The molecule has 0 aliphatic carbocycles. The molecule has 2 aromatic rings. The number of benzene rings is 1. The summed E-state index contributed by atoms with van der Waals surface area (Å²) in [6.07, 6.45) is 2.77. The van der Waals surface area contributed by atoms with Gasteiger partial charge in [-0.25, -0.2) is 16.8 Å². The molecule has 2 rings (SSSR count). The molecule has 1 aromatic carbocycles. The smallest absolute Gasteiger partial charge is 0.249 e. The number of hydrogen-bond donors (Lipinski definition) is 0. The molecule has 0 aliphatic heterocycles. The van der Waals surface area contributed by atoms with Gasteiger partial charge in [0, 0.05) is 11.0 Å². The van der Waals surface area contributed by atoms with E-state index in [0.29, 0.717) is 11.8 Å². The number of aromatic nitrogens is 1. The van der Waals surface area contributed by atoms with E-state index in [9.17, 15) is 17.6 Å². The van der Waals surface area contributed by atoms with Crippen LogP contribution in [0.1, 0.15) is 28.0 Å². The summed E-state index contributed by atoms with van der Waals surface area (Å²) in [5.74, 6) is -1.49. The molecule has 0 bridgehead atoms. The summed E-state index contributed by atoms with van der Waals surface area (Å²) in [6, 6.07) is 8.05. The predicted molar refractivity (Wildman–Crippen MR) is 95.4 cm³/mol. The average molecular weight is 414 g/mol. The second-order valence-electron chi connectivity index (χ2n) is 5.39. The molecule has 128 valence electrons. The number of aryl methyl sites for hydroxylation is 1. The van der Waals surface area contributed by atoms with Gasteiger partial charge in [-0.05, 0) is 18.6 Å². The molecule has 0 saturated heterocycles. The van der Waals surface area contributed by atoms with E-state index < -0.39 is 27.0 Å². The van der Waals surface area contributed by atoms with Crippen molar-refractivity contribution in [2.45, 2.75) is 18.1 Å². The van der Waals surface area contributed by atoms with Gasteiger partial charge in [0.25, 0.3) is 0 Å². The van der Waals surface area contributed by atoms with E-state index in [1.165, 1.54) is 6.08 Å². The molecule has 24 heavy (non-hydrogen) atoms. The standard InChI is InChI=1S/C17H17BrFNO3S/c1-3-17(13-6-4-12(2)5-7-13)24(22,23)20-10-15(19)8-16(20)14(9-18)11-21/h3-8,10-11,14,17H,1,9H2,2H3. The Balaban J connectivity index is 2.58. The summed E-state index contributed by atoms with van der Waals surface area (Å²) >= 11 is 3.15. The van der Waals surface area contributed by atoms with Crippen LogP contribution in [-0.4, -0.2) is 24.0 Å². The topological polar surface area (TPSA) is 56.1 Å². The maximum atomic E-state index is 13.7. The Labute approximate surface area is 149 Å². The molecule has 0 aliphatic rings. The number of carbonyl (C=O) groups excluding carboxylic acids is 1. The molecule has 2 unspecified atom stereocenters. The van der Waals surface area contributed by atoms with Crippen LogP contribution >= 0.6 is 15.9 Å². The molecular formula is C17H17BrFNO3S. The highest BCUT2D eigenvalue weighted by atomic mass is 79.9. The lowest BCUT2D eigenvalue weighted by Gasteiger charge is -2.19. The number of hydrogen-bond acceptors (Lipinski definition) is 3. The SMILES string of the molecule is C=CC(c1ccc(C)cc1)S(=O)(=O)n1cc(F)cc1C(C=O)CBr. The van der Waals surface area contributed by atoms with Gasteiger partial charge < -0.3 is 4.79 Å². The highest BCUT2D eigenvalue weighted by molar-refractivity contribution is 9.09. The van der Waals surface area contributed by atoms with Crippen molar-refractivity contribution in [3.8, 4) is 0 Å². The molecule has 2 atom stereocenters. The Bertz CT molecular complexity index is 843. The van der Waals surface area contributed by atoms with Gasteiger partial charge in [-0.3, -0.25) is 0 Å². The maximum Gasteiger partial charge on any atom is 0.249 e. The molecule has 0 N–H and O–H groups in total. The minimum Gasteiger partial charge on any atom is -0.303 e. The highest BCUT2D eigenvalue weighted by Crippen LogP contribution is 2.30. The van der Waals surface area contributed by atoms with Crippen LogP contribution in [0, 0.1) is 12.7 Å². The normalized spacial score (nSPS) is 14.1. The van der Waals surface area contributed by atoms with Crippen LogP contribution in [0.5, 0.6) is 0 Å². The Morgan fingerprint density at radius 2 is 1.96 bits per heavy atom. The van der Waals surface area contributed by atoms with E-state index in [1.54, 1.807) is 24.3 Å². The second kappa shape index (κ2) is 7.44. The number of halogens is 2. The average Bonchev–Trinajstić information content (AvgIpc) is 2.93. The molecule has 0 fully saturated rings. The molecule has 4 nitrogen and oxygen atoms in total. The Kier molecular flexibility index (Phi) is 5.77. The van der Waals surface area contributed by atoms with Crippen LogP contribution in [0.4, 0.5) is 4.39 Å². The van der Waals surface area contributed by atoms with Crippen LogP contribution in [-0.2, 0) is 14.8 Å². The Hall–Kier alpha value is -1.73. The Morgan fingerprint density at radius 3 is 2.46 bits per heavy atom. The van der Waals surface area contributed by atoms with Gasteiger partial charge in [0.05, 0.1) is 12.1 Å². The van der Waals surface area contributed by atoms with E-state index in [4.69, 9.17) is 0 Å². The van der Waals surface area contributed by atoms with E-state index >= 15 is 0 Å². The monoisotopic (exact) mass is 413 g/mol. The maximum absolute atomic E-state index is 13.7. The highest BCUT2D eigenvalue weighted by Gasteiger charge is 2.30. The van der Waals surface area contributed by atoms with Gasteiger partial charge in [0.15, 0.2) is 0 Å². The first kappa shape index (κ1) is 18.6. The van der Waals surface area contributed by atoms with E-state index in [2.05, 4.69) is 22.5 Å². The van der Waals surface area contributed by atoms with Crippen molar-refractivity contribution >= 4 is 32.2 Å². The van der Waals surface area contributed by atoms with Crippen LogP contribution < -0.4 is 0 Å². The fourth-order valence-electron chi connectivity index (χ4n) is 2.41. The largest absolute Gasteiger partial charge is 0.303 e. The zero-order valence-electron chi connectivity index (χ0n) is 13.0. The van der Waals surface area contributed by atoms with Gasteiger partial charge in [0.2, 0.25) is 10.0 Å². The number of rotatable bonds is 7. The molecule has 0 radical (unpaired) electrons. The fraction of sp³-hybridized carbons (Fsp3) is 0.235. The van der Waals surface area contributed by atoms with Crippen LogP contribution in [0.3, 0.4) is 0 Å². The van der Waals surface area contributed by atoms with Crippen molar-refractivity contribution in [1.82, 2.24) is 3.97 Å². The first-order chi connectivity index (χ1) is 11.3.